The molecule has 0 saturated heterocycles. The summed E-state index contributed by atoms with van der Waals surface area (Å²) in [7, 11) is 0. The second kappa shape index (κ2) is 5.45. The number of oxime groups is 1. The van der Waals surface area contributed by atoms with Gasteiger partial charge in [0.2, 0.25) is 5.91 Å². The van der Waals surface area contributed by atoms with Crippen molar-refractivity contribution in [3.8, 4) is 11.8 Å². The van der Waals surface area contributed by atoms with Crippen LogP contribution >= 0.6 is 0 Å². The third kappa shape index (κ3) is 3.53. The summed E-state index contributed by atoms with van der Waals surface area (Å²) < 4.78 is 0. The van der Waals surface area contributed by atoms with Crippen LogP contribution in [0.2, 0.25) is 0 Å². The zero-order valence-electron chi connectivity index (χ0n) is 7.97. The van der Waals surface area contributed by atoms with Gasteiger partial charge in [-0.2, -0.15) is 0 Å². The molecule has 0 atom stereocenters. The van der Waals surface area contributed by atoms with Crippen molar-refractivity contribution in [2.24, 2.45) is 10.9 Å². The van der Waals surface area contributed by atoms with Crippen molar-refractivity contribution in [2.75, 3.05) is 0 Å². The third-order valence-corrected chi connectivity index (χ3v) is 1.64. The third-order valence-electron chi connectivity index (χ3n) is 1.64. The van der Waals surface area contributed by atoms with Crippen LogP contribution in [0.3, 0.4) is 0 Å². The predicted octanol–water partition coefficient (Wildman–Crippen LogP) is 0.722. The molecule has 76 valence electrons. The summed E-state index contributed by atoms with van der Waals surface area (Å²) in [6.07, 6.45) is 1.30. The standard InChI is InChI=1S/C11H10N2O2/c12-11(14)7-3-6-9-4-1-2-5-10(9)8-13-15/h1-2,4-5,8,15H,7H2,(H2,12,14). The molecule has 4 heteroatoms. The first-order chi connectivity index (χ1) is 7.24. The van der Waals surface area contributed by atoms with E-state index in [0.717, 1.165) is 0 Å². The van der Waals surface area contributed by atoms with Gasteiger partial charge in [-0.05, 0) is 6.07 Å². The molecular weight excluding hydrogens is 192 g/mol. The lowest BCUT2D eigenvalue weighted by molar-refractivity contribution is -0.117. The highest BCUT2D eigenvalue weighted by molar-refractivity contribution is 5.83. The molecular formula is C11H10N2O2. The summed E-state index contributed by atoms with van der Waals surface area (Å²) in [5, 5.41) is 11.3. The molecule has 15 heavy (non-hydrogen) atoms. The van der Waals surface area contributed by atoms with Crippen LogP contribution in [0, 0.1) is 11.8 Å². The van der Waals surface area contributed by atoms with Crippen molar-refractivity contribution in [1.82, 2.24) is 0 Å². The first-order valence-electron chi connectivity index (χ1n) is 4.27. The van der Waals surface area contributed by atoms with Gasteiger partial charge in [0.15, 0.2) is 0 Å². The molecule has 0 heterocycles. The van der Waals surface area contributed by atoms with Crippen molar-refractivity contribution in [3.63, 3.8) is 0 Å². The average Bonchev–Trinajstić information content (AvgIpc) is 2.20. The van der Waals surface area contributed by atoms with E-state index >= 15 is 0 Å². The minimum absolute atomic E-state index is 0.0185. The topological polar surface area (TPSA) is 75.7 Å². The van der Waals surface area contributed by atoms with Crippen LogP contribution in [-0.2, 0) is 4.79 Å². The van der Waals surface area contributed by atoms with Crippen LogP contribution in [0.25, 0.3) is 0 Å². The highest BCUT2D eigenvalue weighted by atomic mass is 16.4. The average molecular weight is 202 g/mol. The van der Waals surface area contributed by atoms with Gasteiger partial charge in [-0.1, -0.05) is 35.2 Å². The SMILES string of the molecule is NC(=O)CC#Cc1ccccc1C=NO. The molecule has 1 aromatic rings. The zero-order chi connectivity index (χ0) is 11.1. The van der Waals surface area contributed by atoms with Crippen molar-refractivity contribution >= 4 is 12.1 Å². The lowest BCUT2D eigenvalue weighted by Gasteiger charge is -1.95. The predicted molar refractivity (Wildman–Crippen MR) is 56.5 cm³/mol. The van der Waals surface area contributed by atoms with E-state index in [1.165, 1.54) is 6.21 Å². The normalized spacial score (nSPS) is 9.60. The van der Waals surface area contributed by atoms with Crippen molar-refractivity contribution in [3.05, 3.63) is 35.4 Å². The number of carbonyl (C=O) groups is 1. The molecule has 1 amide bonds. The Kier molecular flexibility index (Phi) is 3.92. The molecule has 1 aromatic carbocycles. The van der Waals surface area contributed by atoms with Crippen LogP contribution < -0.4 is 5.73 Å². The number of nitrogens with two attached hydrogens (primary N) is 1. The van der Waals surface area contributed by atoms with E-state index in [1.807, 2.05) is 6.07 Å². The van der Waals surface area contributed by atoms with Gasteiger partial charge in [-0.15, -0.1) is 0 Å². The van der Waals surface area contributed by atoms with E-state index in [4.69, 9.17) is 10.9 Å². The van der Waals surface area contributed by atoms with Crippen molar-refractivity contribution < 1.29 is 10.0 Å². The first-order valence-corrected chi connectivity index (χ1v) is 4.27. The lowest BCUT2D eigenvalue weighted by atomic mass is 10.1. The number of hydrogen-bond acceptors (Lipinski definition) is 3. The molecule has 0 saturated carbocycles. The molecule has 3 N–H and O–H groups in total. The smallest absolute Gasteiger partial charge is 0.229 e. The quantitative estimate of drug-likeness (QED) is 0.321. The molecule has 0 aromatic heterocycles. The van der Waals surface area contributed by atoms with Gasteiger partial charge in [-0.3, -0.25) is 4.79 Å². The lowest BCUT2D eigenvalue weighted by Crippen LogP contribution is -2.08. The minimum Gasteiger partial charge on any atom is -0.411 e. The van der Waals surface area contributed by atoms with E-state index in [-0.39, 0.29) is 6.42 Å². The fourth-order valence-corrected chi connectivity index (χ4v) is 1.01. The molecule has 0 aliphatic rings. The molecule has 0 spiro atoms. The number of hydrogen-bond donors (Lipinski definition) is 2. The second-order valence-electron chi connectivity index (χ2n) is 2.78. The Hall–Kier alpha value is -2.28. The molecule has 4 nitrogen and oxygen atoms in total. The van der Waals surface area contributed by atoms with Gasteiger partial charge >= 0.3 is 0 Å². The maximum absolute atomic E-state index is 10.5. The Morgan fingerprint density at radius 2 is 2.27 bits per heavy atom. The van der Waals surface area contributed by atoms with Crippen LogP contribution in [0.15, 0.2) is 29.4 Å². The summed E-state index contributed by atoms with van der Waals surface area (Å²) in [6.45, 7) is 0. The van der Waals surface area contributed by atoms with E-state index in [0.29, 0.717) is 11.1 Å². The first kappa shape index (κ1) is 10.8. The number of rotatable bonds is 2. The van der Waals surface area contributed by atoms with Crippen molar-refractivity contribution in [2.45, 2.75) is 6.42 Å². The summed E-state index contributed by atoms with van der Waals surface area (Å²) in [5.74, 6) is 4.95. The fourth-order valence-electron chi connectivity index (χ4n) is 1.01. The molecule has 0 unspecified atom stereocenters. The van der Waals surface area contributed by atoms with Gasteiger partial charge in [-0.25, -0.2) is 0 Å². The van der Waals surface area contributed by atoms with Crippen LogP contribution in [-0.4, -0.2) is 17.3 Å². The van der Waals surface area contributed by atoms with Gasteiger partial charge in [0.05, 0.1) is 12.6 Å². The highest BCUT2D eigenvalue weighted by Gasteiger charge is 1.94. The molecule has 0 fully saturated rings. The molecule has 1 rings (SSSR count). The Balaban J connectivity index is 2.91. The summed E-state index contributed by atoms with van der Waals surface area (Å²) in [4.78, 5) is 10.5. The van der Waals surface area contributed by atoms with Gasteiger partial charge in [0.1, 0.15) is 0 Å². The maximum atomic E-state index is 10.5. The second-order valence-corrected chi connectivity index (χ2v) is 2.78. The Bertz CT molecular complexity index is 441. The largest absolute Gasteiger partial charge is 0.411 e. The summed E-state index contributed by atoms with van der Waals surface area (Å²) >= 11 is 0. The van der Waals surface area contributed by atoms with E-state index in [1.54, 1.807) is 18.2 Å². The maximum Gasteiger partial charge on any atom is 0.229 e. The fraction of sp³-hybridized carbons (Fsp3) is 0.0909. The number of carbonyl (C=O) groups excluding carboxylic acids is 1. The van der Waals surface area contributed by atoms with E-state index in [9.17, 15) is 4.79 Å². The number of amides is 1. The van der Waals surface area contributed by atoms with E-state index in [2.05, 4.69) is 17.0 Å². The van der Waals surface area contributed by atoms with Crippen LogP contribution in [0.4, 0.5) is 0 Å². The van der Waals surface area contributed by atoms with Crippen LogP contribution in [0.5, 0.6) is 0 Å². The number of benzene rings is 1. The minimum atomic E-state index is -0.462. The van der Waals surface area contributed by atoms with Crippen LogP contribution in [0.1, 0.15) is 17.5 Å². The molecule has 0 aliphatic heterocycles. The number of nitrogens with zero attached hydrogens (tertiary/aromatic N) is 1. The van der Waals surface area contributed by atoms with E-state index < -0.39 is 5.91 Å². The van der Waals surface area contributed by atoms with Gasteiger partial charge < -0.3 is 10.9 Å². The van der Waals surface area contributed by atoms with Crippen molar-refractivity contribution in [1.29, 1.82) is 0 Å². The zero-order valence-corrected chi connectivity index (χ0v) is 7.97. The number of primary amides is 1. The monoisotopic (exact) mass is 202 g/mol. The molecule has 0 aliphatic carbocycles. The Morgan fingerprint density at radius 1 is 1.53 bits per heavy atom. The Morgan fingerprint density at radius 3 is 2.93 bits per heavy atom. The molecule has 0 radical (unpaired) electrons. The van der Waals surface area contributed by atoms with Gasteiger partial charge in [0.25, 0.3) is 0 Å². The Labute approximate surface area is 87.4 Å². The molecule has 0 bridgehead atoms. The summed E-state index contributed by atoms with van der Waals surface area (Å²) in [6, 6.07) is 7.14. The highest BCUT2D eigenvalue weighted by Crippen LogP contribution is 2.04. The van der Waals surface area contributed by atoms with Gasteiger partial charge in [0, 0.05) is 11.1 Å². The summed E-state index contributed by atoms with van der Waals surface area (Å²) in [5.41, 5.74) is 6.33.